The number of aromatic nitrogens is 1. The summed E-state index contributed by atoms with van der Waals surface area (Å²) in [6.45, 7) is 1.76. The van der Waals surface area contributed by atoms with Gasteiger partial charge in [-0.05, 0) is 86.4 Å². The zero-order chi connectivity index (χ0) is 22.6. The largest absolute Gasteiger partial charge is 0.390 e. The fourth-order valence-corrected chi connectivity index (χ4v) is 5.18. The van der Waals surface area contributed by atoms with Crippen LogP contribution in [0.25, 0.3) is 22.2 Å². The van der Waals surface area contributed by atoms with E-state index in [0.717, 1.165) is 11.6 Å². The Morgan fingerprint density at radius 2 is 1.81 bits per heavy atom. The number of halogens is 3. The topological polar surface area (TPSA) is 65.1 Å². The van der Waals surface area contributed by atoms with Crippen molar-refractivity contribution in [2.24, 2.45) is 11.8 Å². The molecule has 3 N–H and O–H groups in total. The highest BCUT2D eigenvalue weighted by Crippen LogP contribution is 2.41. The van der Waals surface area contributed by atoms with Crippen LogP contribution in [-0.4, -0.2) is 27.6 Å². The van der Waals surface area contributed by atoms with Crippen LogP contribution in [0.15, 0.2) is 36.4 Å². The van der Waals surface area contributed by atoms with E-state index in [-0.39, 0.29) is 35.1 Å². The van der Waals surface area contributed by atoms with E-state index in [4.69, 9.17) is 0 Å². The number of hydrogen-bond acceptors (Lipinski definition) is 2. The maximum Gasteiger partial charge on any atom is 0.223 e. The van der Waals surface area contributed by atoms with Gasteiger partial charge in [-0.1, -0.05) is 0 Å². The van der Waals surface area contributed by atoms with E-state index in [1.165, 1.54) is 18.2 Å². The Labute approximate surface area is 183 Å². The van der Waals surface area contributed by atoms with E-state index < -0.39 is 17.2 Å². The van der Waals surface area contributed by atoms with Crippen molar-refractivity contribution in [3.05, 3.63) is 59.4 Å². The molecule has 32 heavy (non-hydrogen) atoms. The molecule has 0 saturated heterocycles. The third-order valence-electron chi connectivity index (χ3n) is 6.88. The van der Waals surface area contributed by atoms with Crippen molar-refractivity contribution in [1.82, 2.24) is 10.3 Å². The van der Waals surface area contributed by atoms with Gasteiger partial charge in [0.25, 0.3) is 0 Å². The maximum absolute atomic E-state index is 14.4. The van der Waals surface area contributed by atoms with Crippen molar-refractivity contribution in [1.29, 1.82) is 0 Å². The highest BCUT2D eigenvalue weighted by molar-refractivity contribution is 5.91. The first-order valence-corrected chi connectivity index (χ1v) is 11.0. The van der Waals surface area contributed by atoms with Crippen LogP contribution in [0.1, 0.15) is 38.2 Å². The summed E-state index contributed by atoms with van der Waals surface area (Å²) in [7, 11) is 0. The molecule has 2 aliphatic rings. The average Bonchev–Trinajstić information content (AvgIpc) is 3.02. The minimum Gasteiger partial charge on any atom is -0.390 e. The van der Waals surface area contributed by atoms with Crippen LogP contribution in [0.2, 0.25) is 0 Å². The van der Waals surface area contributed by atoms with Crippen LogP contribution in [0.3, 0.4) is 0 Å². The SMILES string of the molecule is CC1(O)CC(NC(=O)C2CC(Cc3c(-c4ccc(F)cc4)[nH]c4c(F)cc(F)cc34)C2)C1. The summed E-state index contributed by atoms with van der Waals surface area (Å²) < 4.78 is 41.8. The third-order valence-corrected chi connectivity index (χ3v) is 6.88. The van der Waals surface area contributed by atoms with Gasteiger partial charge in [0, 0.05) is 29.1 Å². The molecule has 168 valence electrons. The van der Waals surface area contributed by atoms with Gasteiger partial charge in [-0.3, -0.25) is 4.79 Å². The van der Waals surface area contributed by atoms with Crippen molar-refractivity contribution < 1.29 is 23.1 Å². The standard InChI is InChI=1S/C25H25F3N2O2/c1-25(32)11-18(12-25)29-24(31)15-6-13(7-15)8-19-20-9-17(27)10-21(28)23(20)30-22(19)14-2-4-16(26)5-3-14/h2-5,9-10,13,15,18,30,32H,6-8,11-12H2,1H3,(H,29,31). The normalized spacial score (nSPS) is 27.1. The lowest BCUT2D eigenvalue weighted by atomic mass is 9.70. The summed E-state index contributed by atoms with van der Waals surface area (Å²) in [5, 5.41) is 13.3. The van der Waals surface area contributed by atoms with Crippen molar-refractivity contribution in [3.8, 4) is 11.3 Å². The summed E-state index contributed by atoms with van der Waals surface area (Å²) in [6.07, 6.45) is 3.10. The van der Waals surface area contributed by atoms with Crippen LogP contribution >= 0.6 is 0 Å². The van der Waals surface area contributed by atoms with Gasteiger partial charge in [0.2, 0.25) is 5.91 Å². The van der Waals surface area contributed by atoms with Crippen molar-refractivity contribution in [2.45, 2.75) is 50.7 Å². The zero-order valence-electron chi connectivity index (χ0n) is 17.7. The second-order valence-corrected chi connectivity index (χ2v) is 9.64. The molecule has 4 nitrogen and oxygen atoms in total. The molecular weight excluding hydrogens is 417 g/mol. The summed E-state index contributed by atoms with van der Waals surface area (Å²) in [5.41, 5.74) is 1.67. The highest BCUT2D eigenvalue weighted by Gasteiger charge is 2.42. The molecule has 2 saturated carbocycles. The minimum absolute atomic E-state index is 0.0107. The van der Waals surface area contributed by atoms with Crippen LogP contribution in [0.5, 0.6) is 0 Å². The minimum atomic E-state index is -0.684. The molecule has 0 unspecified atom stereocenters. The summed E-state index contributed by atoms with van der Waals surface area (Å²) in [6, 6.07) is 8.10. The third kappa shape index (κ3) is 3.90. The number of benzene rings is 2. The number of aliphatic hydroxyl groups is 1. The molecule has 3 aromatic rings. The molecule has 1 aromatic heterocycles. The first kappa shape index (κ1) is 21.1. The number of carbonyl (C=O) groups excluding carboxylic acids is 1. The molecule has 2 aliphatic carbocycles. The van der Waals surface area contributed by atoms with E-state index in [2.05, 4.69) is 10.3 Å². The summed E-state index contributed by atoms with van der Waals surface area (Å²) >= 11 is 0. The molecule has 2 aromatic carbocycles. The van der Waals surface area contributed by atoms with Gasteiger partial charge in [0.1, 0.15) is 17.5 Å². The van der Waals surface area contributed by atoms with E-state index in [1.54, 1.807) is 19.1 Å². The van der Waals surface area contributed by atoms with E-state index in [9.17, 15) is 23.1 Å². The number of rotatable bonds is 5. The Morgan fingerprint density at radius 3 is 2.47 bits per heavy atom. The Kier molecular flexibility index (Phi) is 5.04. The molecule has 2 fully saturated rings. The van der Waals surface area contributed by atoms with Crippen LogP contribution in [0.4, 0.5) is 13.2 Å². The Hall–Kier alpha value is -2.80. The molecule has 0 spiro atoms. The number of aromatic amines is 1. The Morgan fingerprint density at radius 1 is 1.12 bits per heavy atom. The Balaban J connectivity index is 1.34. The van der Waals surface area contributed by atoms with Gasteiger partial charge in [0.15, 0.2) is 0 Å². The second kappa shape index (κ2) is 7.66. The monoisotopic (exact) mass is 442 g/mol. The maximum atomic E-state index is 14.4. The molecule has 0 aliphatic heterocycles. The van der Waals surface area contributed by atoms with E-state index in [0.29, 0.717) is 48.7 Å². The first-order valence-electron chi connectivity index (χ1n) is 11.0. The second-order valence-electron chi connectivity index (χ2n) is 9.64. The number of hydrogen-bond donors (Lipinski definition) is 3. The molecule has 0 atom stereocenters. The number of fused-ring (bicyclic) bond motifs is 1. The van der Waals surface area contributed by atoms with Gasteiger partial charge in [-0.2, -0.15) is 0 Å². The van der Waals surface area contributed by atoms with Crippen LogP contribution in [0, 0.1) is 29.3 Å². The predicted octanol–water partition coefficient (Wildman–Crippen LogP) is 4.85. The van der Waals surface area contributed by atoms with Crippen molar-refractivity contribution in [3.63, 3.8) is 0 Å². The van der Waals surface area contributed by atoms with Crippen molar-refractivity contribution >= 4 is 16.8 Å². The summed E-state index contributed by atoms with van der Waals surface area (Å²) in [4.78, 5) is 15.5. The van der Waals surface area contributed by atoms with Gasteiger partial charge in [-0.25, -0.2) is 13.2 Å². The molecule has 1 amide bonds. The van der Waals surface area contributed by atoms with Crippen LogP contribution in [-0.2, 0) is 11.2 Å². The van der Waals surface area contributed by atoms with Gasteiger partial charge >= 0.3 is 0 Å². The molecule has 1 heterocycles. The smallest absolute Gasteiger partial charge is 0.223 e. The fourth-order valence-electron chi connectivity index (χ4n) is 5.18. The highest BCUT2D eigenvalue weighted by atomic mass is 19.1. The number of carbonyl (C=O) groups is 1. The van der Waals surface area contributed by atoms with Gasteiger partial charge in [0.05, 0.1) is 11.1 Å². The molecule has 0 bridgehead atoms. The number of H-pyrrole nitrogens is 1. The van der Waals surface area contributed by atoms with E-state index in [1.807, 2.05) is 0 Å². The number of nitrogens with one attached hydrogen (secondary N) is 2. The average molecular weight is 442 g/mol. The van der Waals surface area contributed by atoms with Gasteiger partial charge in [-0.15, -0.1) is 0 Å². The molecular formula is C25H25F3N2O2. The molecule has 5 rings (SSSR count). The van der Waals surface area contributed by atoms with E-state index >= 15 is 0 Å². The zero-order valence-corrected chi connectivity index (χ0v) is 17.7. The molecule has 0 radical (unpaired) electrons. The lowest BCUT2D eigenvalue weighted by molar-refractivity contribution is -0.132. The lowest BCUT2D eigenvalue weighted by Crippen LogP contribution is -2.55. The van der Waals surface area contributed by atoms with Gasteiger partial charge < -0.3 is 15.4 Å². The van der Waals surface area contributed by atoms with Crippen LogP contribution < -0.4 is 5.32 Å². The fraction of sp³-hybridized carbons (Fsp3) is 0.400. The Bertz CT molecular complexity index is 1170. The predicted molar refractivity (Wildman–Crippen MR) is 115 cm³/mol. The quantitative estimate of drug-likeness (QED) is 0.529. The molecule has 7 heteroatoms. The number of amides is 1. The summed E-state index contributed by atoms with van der Waals surface area (Å²) in [5.74, 6) is -1.56. The van der Waals surface area contributed by atoms with Crippen molar-refractivity contribution in [2.75, 3.05) is 0 Å². The lowest BCUT2D eigenvalue weighted by Gasteiger charge is -2.43. The first-order chi connectivity index (χ1) is 15.2.